The number of nitrogens with one attached hydrogen (secondary N) is 1. The number of hydrogen-bond donors (Lipinski definition) is 1. The van der Waals surface area contributed by atoms with Gasteiger partial charge in [-0.3, -0.25) is 9.69 Å². The molecule has 1 aliphatic carbocycles. The summed E-state index contributed by atoms with van der Waals surface area (Å²) in [7, 11) is 0. The van der Waals surface area contributed by atoms with Crippen LogP contribution in [0.5, 0.6) is 0 Å². The summed E-state index contributed by atoms with van der Waals surface area (Å²) in [6, 6.07) is 10.8. The van der Waals surface area contributed by atoms with Crippen molar-refractivity contribution in [3.8, 4) is 0 Å². The Hall–Kier alpha value is -1.35. The molecule has 3 heteroatoms. The summed E-state index contributed by atoms with van der Waals surface area (Å²) in [5, 5.41) is 3.19. The van der Waals surface area contributed by atoms with Crippen LogP contribution in [0.15, 0.2) is 30.3 Å². The Morgan fingerprint density at radius 1 is 1.20 bits per heavy atom. The highest BCUT2D eigenvalue weighted by molar-refractivity contribution is 5.78. The summed E-state index contributed by atoms with van der Waals surface area (Å²) in [6.45, 7) is 4.35. The summed E-state index contributed by atoms with van der Waals surface area (Å²) in [5.41, 5.74) is 1.26. The highest BCUT2D eigenvalue weighted by atomic mass is 16.2. The van der Waals surface area contributed by atoms with Gasteiger partial charge in [-0.2, -0.15) is 0 Å². The summed E-state index contributed by atoms with van der Waals surface area (Å²) in [6.07, 6.45) is 6.13. The summed E-state index contributed by atoms with van der Waals surface area (Å²) >= 11 is 0. The van der Waals surface area contributed by atoms with Gasteiger partial charge in [0.2, 0.25) is 5.91 Å². The van der Waals surface area contributed by atoms with Crippen LogP contribution in [0.25, 0.3) is 0 Å². The van der Waals surface area contributed by atoms with Crippen molar-refractivity contribution in [3.63, 3.8) is 0 Å². The average Bonchev–Trinajstić information content (AvgIpc) is 2.48. The molecule has 3 nitrogen and oxygen atoms in total. The Morgan fingerprint density at radius 3 is 2.55 bits per heavy atom. The highest BCUT2D eigenvalue weighted by Crippen LogP contribution is 2.17. The van der Waals surface area contributed by atoms with Crippen LogP contribution in [0.3, 0.4) is 0 Å². The zero-order valence-electron chi connectivity index (χ0n) is 12.5. The molecule has 110 valence electrons. The van der Waals surface area contributed by atoms with E-state index in [1.165, 1.54) is 24.8 Å². The summed E-state index contributed by atoms with van der Waals surface area (Å²) < 4.78 is 0. The van der Waals surface area contributed by atoms with Gasteiger partial charge in [-0.1, -0.05) is 56.5 Å². The van der Waals surface area contributed by atoms with Crippen molar-refractivity contribution >= 4 is 5.91 Å². The summed E-state index contributed by atoms with van der Waals surface area (Å²) in [5.74, 6) is 0.176. The zero-order valence-corrected chi connectivity index (χ0v) is 12.5. The van der Waals surface area contributed by atoms with Gasteiger partial charge in [-0.05, 0) is 24.9 Å². The van der Waals surface area contributed by atoms with Crippen LogP contribution in [0, 0.1) is 0 Å². The Morgan fingerprint density at radius 2 is 1.90 bits per heavy atom. The monoisotopic (exact) mass is 274 g/mol. The molecule has 1 fully saturated rings. The van der Waals surface area contributed by atoms with Gasteiger partial charge in [0.15, 0.2) is 0 Å². The number of rotatable bonds is 6. The molecule has 0 atom stereocenters. The number of hydrogen-bond acceptors (Lipinski definition) is 2. The Balaban J connectivity index is 1.78. The van der Waals surface area contributed by atoms with E-state index in [0.717, 1.165) is 25.9 Å². The van der Waals surface area contributed by atoms with Gasteiger partial charge < -0.3 is 5.32 Å². The van der Waals surface area contributed by atoms with Gasteiger partial charge in [-0.15, -0.1) is 0 Å². The standard InChI is InChI=1S/C17H26N2O/c1-2-19(13-15-9-5-3-6-10-15)14-17(20)18-16-11-7-4-8-12-16/h3,5-6,9-10,16H,2,4,7-8,11-14H2,1H3,(H,18,20). The van der Waals surface area contributed by atoms with E-state index in [-0.39, 0.29) is 5.91 Å². The normalized spacial score (nSPS) is 16.3. The SMILES string of the molecule is CCN(CC(=O)NC1CCCCC1)Cc1ccccc1. The van der Waals surface area contributed by atoms with Crippen molar-refractivity contribution in [2.45, 2.75) is 51.6 Å². The van der Waals surface area contributed by atoms with Crippen molar-refractivity contribution < 1.29 is 4.79 Å². The molecule has 0 spiro atoms. The molecule has 0 radical (unpaired) electrons. The lowest BCUT2D eigenvalue weighted by Gasteiger charge is -2.25. The van der Waals surface area contributed by atoms with E-state index in [4.69, 9.17) is 0 Å². The van der Waals surface area contributed by atoms with Crippen molar-refractivity contribution in [1.82, 2.24) is 10.2 Å². The number of nitrogens with zero attached hydrogens (tertiary/aromatic N) is 1. The quantitative estimate of drug-likeness (QED) is 0.865. The molecular weight excluding hydrogens is 248 g/mol. The third-order valence-electron chi connectivity index (χ3n) is 4.03. The first-order valence-corrected chi connectivity index (χ1v) is 7.83. The van der Waals surface area contributed by atoms with Crippen LogP contribution in [0.4, 0.5) is 0 Å². The van der Waals surface area contributed by atoms with E-state index in [2.05, 4.69) is 29.3 Å². The van der Waals surface area contributed by atoms with Crippen molar-refractivity contribution in [1.29, 1.82) is 0 Å². The first kappa shape index (κ1) is 15.0. The van der Waals surface area contributed by atoms with Crippen molar-refractivity contribution in [3.05, 3.63) is 35.9 Å². The van der Waals surface area contributed by atoms with Crippen LogP contribution < -0.4 is 5.32 Å². The van der Waals surface area contributed by atoms with E-state index in [0.29, 0.717) is 12.6 Å². The van der Waals surface area contributed by atoms with Crippen LogP contribution >= 0.6 is 0 Å². The van der Waals surface area contributed by atoms with Crippen LogP contribution in [-0.2, 0) is 11.3 Å². The van der Waals surface area contributed by atoms with Crippen molar-refractivity contribution in [2.75, 3.05) is 13.1 Å². The van der Waals surface area contributed by atoms with Crippen LogP contribution in [0.2, 0.25) is 0 Å². The lowest BCUT2D eigenvalue weighted by Crippen LogP contribution is -2.42. The van der Waals surface area contributed by atoms with Crippen LogP contribution in [0.1, 0.15) is 44.6 Å². The highest BCUT2D eigenvalue weighted by Gasteiger charge is 2.17. The second-order valence-electron chi connectivity index (χ2n) is 5.69. The number of benzene rings is 1. The minimum atomic E-state index is 0.176. The number of carbonyl (C=O) groups is 1. The van der Waals surface area contributed by atoms with Crippen molar-refractivity contribution in [2.24, 2.45) is 0 Å². The van der Waals surface area contributed by atoms with Gasteiger partial charge in [0.05, 0.1) is 6.54 Å². The predicted molar refractivity (Wildman–Crippen MR) is 82.4 cm³/mol. The predicted octanol–water partition coefficient (Wildman–Crippen LogP) is 2.96. The largest absolute Gasteiger partial charge is 0.352 e. The van der Waals surface area contributed by atoms with E-state index in [1.807, 2.05) is 18.2 Å². The lowest BCUT2D eigenvalue weighted by atomic mass is 9.95. The number of carbonyl (C=O) groups excluding carboxylic acids is 1. The van der Waals surface area contributed by atoms with Gasteiger partial charge in [0.1, 0.15) is 0 Å². The zero-order chi connectivity index (χ0) is 14.2. The fourth-order valence-corrected chi connectivity index (χ4v) is 2.84. The molecule has 1 aromatic carbocycles. The molecule has 1 aromatic rings. The Bertz CT molecular complexity index is 399. The second-order valence-corrected chi connectivity index (χ2v) is 5.69. The molecule has 0 heterocycles. The molecule has 0 saturated heterocycles. The van der Waals surface area contributed by atoms with E-state index in [9.17, 15) is 4.79 Å². The van der Waals surface area contributed by atoms with Gasteiger partial charge in [-0.25, -0.2) is 0 Å². The minimum absolute atomic E-state index is 0.176. The van der Waals surface area contributed by atoms with E-state index >= 15 is 0 Å². The fraction of sp³-hybridized carbons (Fsp3) is 0.588. The smallest absolute Gasteiger partial charge is 0.234 e. The molecule has 1 aliphatic rings. The minimum Gasteiger partial charge on any atom is -0.352 e. The number of amides is 1. The molecule has 1 N–H and O–H groups in total. The molecular formula is C17H26N2O. The van der Waals surface area contributed by atoms with E-state index in [1.54, 1.807) is 0 Å². The van der Waals surface area contributed by atoms with Gasteiger partial charge in [0.25, 0.3) is 0 Å². The van der Waals surface area contributed by atoms with E-state index < -0.39 is 0 Å². The maximum absolute atomic E-state index is 12.1. The lowest BCUT2D eigenvalue weighted by molar-refractivity contribution is -0.123. The summed E-state index contributed by atoms with van der Waals surface area (Å²) in [4.78, 5) is 14.3. The topological polar surface area (TPSA) is 32.3 Å². The molecule has 1 amide bonds. The fourth-order valence-electron chi connectivity index (χ4n) is 2.84. The molecule has 2 rings (SSSR count). The first-order chi connectivity index (χ1) is 9.78. The average molecular weight is 274 g/mol. The Kier molecular flexibility index (Phi) is 6.06. The molecule has 0 aliphatic heterocycles. The maximum Gasteiger partial charge on any atom is 0.234 e. The molecule has 0 unspecified atom stereocenters. The first-order valence-electron chi connectivity index (χ1n) is 7.83. The number of likely N-dealkylation sites (N-methyl/N-ethyl adjacent to an activating group) is 1. The molecule has 0 bridgehead atoms. The molecule has 1 saturated carbocycles. The Labute approximate surface area is 122 Å². The second kappa shape index (κ2) is 8.05. The molecule has 0 aromatic heterocycles. The van der Waals surface area contributed by atoms with Gasteiger partial charge >= 0.3 is 0 Å². The third-order valence-corrected chi connectivity index (χ3v) is 4.03. The maximum atomic E-state index is 12.1. The third kappa shape index (κ3) is 4.97. The van der Waals surface area contributed by atoms with Gasteiger partial charge in [0, 0.05) is 12.6 Å². The molecule has 20 heavy (non-hydrogen) atoms. The van der Waals surface area contributed by atoms with Crippen LogP contribution in [-0.4, -0.2) is 29.9 Å².